The Morgan fingerprint density at radius 3 is 1.40 bits per heavy atom. The number of benzene rings is 1. The van der Waals surface area contributed by atoms with Crippen LogP contribution < -0.4 is 0 Å². The maximum Gasteiger partial charge on any atom is 0.123 e. The van der Waals surface area contributed by atoms with Gasteiger partial charge >= 0.3 is 0 Å². The van der Waals surface area contributed by atoms with Gasteiger partial charge in [-0.25, -0.2) is 0 Å². The van der Waals surface area contributed by atoms with Gasteiger partial charge in [0.05, 0.1) is 6.61 Å². The fraction of sp³-hybridized carbons (Fsp3) is 0.667. The molecule has 1 rings (SSSR count). The third-order valence-electron chi connectivity index (χ3n) is 3.90. The highest BCUT2D eigenvalue weighted by Gasteiger charge is 2.30. The molecule has 0 aromatic heterocycles. The molecular formula is C18H30O2. The van der Waals surface area contributed by atoms with Gasteiger partial charge in [-0.2, -0.15) is 0 Å². The molecule has 0 aliphatic carbocycles. The van der Waals surface area contributed by atoms with Gasteiger partial charge in [0.2, 0.25) is 0 Å². The van der Waals surface area contributed by atoms with Gasteiger partial charge in [0.1, 0.15) is 5.75 Å². The number of phenolic OH excluding ortho intramolecular Hbond substituents is 1. The van der Waals surface area contributed by atoms with Gasteiger partial charge in [-0.15, -0.1) is 0 Å². The lowest BCUT2D eigenvalue weighted by Gasteiger charge is -2.32. The molecule has 0 saturated carbocycles. The fourth-order valence-electron chi connectivity index (χ4n) is 2.26. The Bertz CT molecular complexity index is 450. The molecule has 0 aliphatic heterocycles. The zero-order valence-electron chi connectivity index (χ0n) is 14.3. The molecule has 0 atom stereocenters. The Morgan fingerprint density at radius 1 is 0.800 bits per heavy atom. The SMILES string of the molecule is CC(C)(C)c1cc(C(C)(C)CO)cc(C(C)(C)C)c1O. The van der Waals surface area contributed by atoms with E-state index in [9.17, 15) is 10.2 Å². The molecule has 0 spiro atoms. The molecule has 0 heterocycles. The van der Waals surface area contributed by atoms with Gasteiger partial charge in [0.25, 0.3) is 0 Å². The van der Waals surface area contributed by atoms with E-state index in [1.807, 2.05) is 26.0 Å². The van der Waals surface area contributed by atoms with Gasteiger partial charge in [-0.1, -0.05) is 67.5 Å². The zero-order valence-corrected chi connectivity index (χ0v) is 14.3. The topological polar surface area (TPSA) is 40.5 Å². The summed E-state index contributed by atoms with van der Waals surface area (Å²) in [5.41, 5.74) is 2.39. The van der Waals surface area contributed by atoms with Gasteiger partial charge in [-0.05, 0) is 27.5 Å². The first-order valence-corrected chi connectivity index (χ1v) is 7.30. The third-order valence-corrected chi connectivity index (χ3v) is 3.90. The molecule has 0 bridgehead atoms. The van der Waals surface area contributed by atoms with Crippen molar-refractivity contribution in [2.24, 2.45) is 0 Å². The van der Waals surface area contributed by atoms with Crippen molar-refractivity contribution in [1.82, 2.24) is 0 Å². The van der Waals surface area contributed by atoms with E-state index >= 15 is 0 Å². The molecule has 0 radical (unpaired) electrons. The van der Waals surface area contributed by atoms with Crippen molar-refractivity contribution in [2.45, 2.75) is 71.6 Å². The molecular weight excluding hydrogens is 248 g/mol. The average molecular weight is 278 g/mol. The van der Waals surface area contributed by atoms with E-state index in [0.717, 1.165) is 16.7 Å². The van der Waals surface area contributed by atoms with Crippen molar-refractivity contribution < 1.29 is 10.2 Å². The first-order valence-electron chi connectivity index (χ1n) is 7.30. The zero-order chi connectivity index (χ0) is 15.9. The summed E-state index contributed by atoms with van der Waals surface area (Å²) in [6.45, 7) is 16.7. The molecule has 1 aromatic rings. The Balaban J connectivity index is 3.68. The van der Waals surface area contributed by atoms with Crippen LogP contribution in [0.5, 0.6) is 5.75 Å². The molecule has 0 amide bonds. The van der Waals surface area contributed by atoms with Crippen LogP contribution >= 0.6 is 0 Å². The Labute approximate surface area is 123 Å². The predicted octanol–water partition coefficient (Wildman–Crippen LogP) is 4.26. The highest BCUT2D eigenvalue weighted by Crippen LogP contribution is 2.41. The van der Waals surface area contributed by atoms with E-state index in [4.69, 9.17) is 0 Å². The third kappa shape index (κ3) is 3.35. The molecule has 0 saturated heterocycles. The van der Waals surface area contributed by atoms with Crippen LogP contribution in [0.15, 0.2) is 12.1 Å². The summed E-state index contributed by atoms with van der Waals surface area (Å²) in [4.78, 5) is 0. The van der Waals surface area contributed by atoms with Crippen LogP contribution in [0, 0.1) is 0 Å². The quantitative estimate of drug-likeness (QED) is 0.848. The maximum absolute atomic E-state index is 10.7. The van der Waals surface area contributed by atoms with Gasteiger partial charge in [0, 0.05) is 5.41 Å². The highest BCUT2D eigenvalue weighted by molar-refractivity contribution is 5.51. The van der Waals surface area contributed by atoms with Crippen LogP contribution in [-0.4, -0.2) is 16.8 Å². The first-order chi connectivity index (χ1) is 8.80. The number of phenols is 1. The lowest BCUT2D eigenvalue weighted by Crippen LogP contribution is -2.25. The Hall–Kier alpha value is -1.02. The minimum absolute atomic E-state index is 0.0882. The second-order valence-corrected chi connectivity index (χ2v) is 8.46. The number of aliphatic hydroxyl groups excluding tert-OH is 1. The highest BCUT2D eigenvalue weighted by atomic mass is 16.3. The monoisotopic (exact) mass is 278 g/mol. The summed E-state index contributed by atoms with van der Waals surface area (Å²) in [5, 5.41) is 20.3. The van der Waals surface area contributed by atoms with Crippen LogP contribution in [0.25, 0.3) is 0 Å². The second kappa shape index (κ2) is 5.07. The maximum atomic E-state index is 10.7. The number of aliphatic hydroxyl groups is 1. The predicted molar refractivity (Wildman–Crippen MR) is 85.6 cm³/mol. The average Bonchev–Trinajstić information content (AvgIpc) is 2.25. The molecule has 0 fully saturated rings. The van der Waals surface area contributed by atoms with Crippen LogP contribution in [-0.2, 0) is 16.2 Å². The standard InChI is InChI=1S/C18H30O2/c1-16(2,3)13-9-12(18(7,8)11-19)10-14(15(13)20)17(4,5)6/h9-10,19-20H,11H2,1-8H3. The molecule has 2 nitrogen and oxygen atoms in total. The number of hydrogen-bond acceptors (Lipinski definition) is 2. The van der Waals surface area contributed by atoms with E-state index in [1.165, 1.54) is 0 Å². The smallest absolute Gasteiger partial charge is 0.123 e. The number of aromatic hydroxyl groups is 1. The summed E-state index contributed by atoms with van der Waals surface area (Å²) < 4.78 is 0. The summed E-state index contributed by atoms with van der Waals surface area (Å²) in [6, 6.07) is 4.08. The second-order valence-electron chi connectivity index (χ2n) is 8.46. The summed E-state index contributed by atoms with van der Waals surface area (Å²) >= 11 is 0. The molecule has 2 heteroatoms. The Morgan fingerprint density at radius 2 is 1.15 bits per heavy atom. The van der Waals surface area contributed by atoms with Gasteiger partial charge in [-0.3, -0.25) is 0 Å². The van der Waals surface area contributed by atoms with E-state index in [-0.39, 0.29) is 22.9 Å². The first kappa shape index (κ1) is 17.0. The molecule has 20 heavy (non-hydrogen) atoms. The van der Waals surface area contributed by atoms with Crippen molar-refractivity contribution in [1.29, 1.82) is 0 Å². The lowest BCUT2D eigenvalue weighted by molar-refractivity contribution is 0.218. The summed E-state index contributed by atoms with van der Waals surface area (Å²) in [7, 11) is 0. The minimum Gasteiger partial charge on any atom is -0.507 e. The molecule has 0 unspecified atom stereocenters. The number of hydrogen-bond donors (Lipinski definition) is 2. The normalized spacial score (nSPS) is 13.7. The minimum atomic E-state index is -0.312. The fourth-order valence-corrected chi connectivity index (χ4v) is 2.26. The van der Waals surface area contributed by atoms with E-state index < -0.39 is 0 Å². The van der Waals surface area contributed by atoms with Gasteiger partial charge < -0.3 is 10.2 Å². The summed E-state index contributed by atoms with van der Waals surface area (Å²) in [5.74, 6) is 0.391. The van der Waals surface area contributed by atoms with Gasteiger partial charge in [0.15, 0.2) is 0 Å². The van der Waals surface area contributed by atoms with Crippen molar-refractivity contribution in [2.75, 3.05) is 6.61 Å². The van der Waals surface area contributed by atoms with Crippen molar-refractivity contribution in [3.63, 3.8) is 0 Å². The molecule has 1 aromatic carbocycles. The van der Waals surface area contributed by atoms with Crippen molar-refractivity contribution >= 4 is 0 Å². The lowest BCUT2D eigenvalue weighted by atomic mass is 9.74. The largest absolute Gasteiger partial charge is 0.507 e. The van der Waals surface area contributed by atoms with Crippen molar-refractivity contribution in [3.05, 3.63) is 28.8 Å². The Kier molecular flexibility index (Phi) is 4.32. The van der Waals surface area contributed by atoms with E-state index in [1.54, 1.807) is 0 Å². The van der Waals surface area contributed by atoms with Crippen LogP contribution in [0.3, 0.4) is 0 Å². The molecule has 114 valence electrons. The van der Waals surface area contributed by atoms with Crippen LogP contribution in [0.4, 0.5) is 0 Å². The summed E-state index contributed by atoms with van der Waals surface area (Å²) in [6.07, 6.45) is 0. The number of rotatable bonds is 2. The van der Waals surface area contributed by atoms with Crippen LogP contribution in [0.2, 0.25) is 0 Å². The van der Waals surface area contributed by atoms with Crippen molar-refractivity contribution in [3.8, 4) is 5.75 Å². The van der Waals surface area contributed by atoms with E-state index in [0.29, 0.717) is 5.75 Å². The molecule has 0 aliphatic rings. The molecule has 2 N–H and O–H groups in total. The van der Waals surface area contributed by atoms with Crippen LogP contribution in [0.1, 0.15) is 72.1 Å². The van der Waals surface area contributed by atoms with E-state index in [2.05, 4.69) is 41.5 Å².